The molecule has 5 atom stereocenters. The van der Waals surface area contributed by atoms with Crippen LogP contribution in [0.4, 0.5) is 0 Å². The molecule has 2 fully saturated rings. The number of rotatable bonds is 2. The van der Waals surface area contributed by atoms with Gasteiger partial charge < -0.3 is 34.6 Å². The van der Waals surface area contributed by atoms with Crippen LogP contribution in [0.5, 0.6) is 5.75 Å². The van der Waals surface area contributed by atoms with Crippen LogP contribution in [0.1, 0.15) is 5.56 Å². The van der Waals surface area contributed by atoms with E-state index in [0.717, 1.165) is 0 Å². The number of hydrogen-bond donors (Lipinski definition) is 4. The Morgan fingerprint density at radius 3 is 2.43 bits per heavy atom. The van der Waals surface area contributed by atoms with Crippen LogP contribution in [0, 0.1) is 0 Å². The molecule has 0 aromatic heterocycles. The van der Waals surface area contributed by atoms with Crippen LogP contribution in [0.15, 0.2) is 30.0 Å². The Morgan fingerprint density at radius 1 is 1.09 bits per heavy atom. The van der Waals surface area contributed by atoms with Crippen LogP contribution in [-0.4, -0.2) is 63.7 Å². The SMILES string of the molecule is O=C1O[C@H]2[C@H](O/C1=C/c1ccc(O)cc1)O[C@H](CO)[C@@H](O)[C@@H]2O. The van der Waals surface area contributed by atoms with E-state index in [1.54, 1.807) is 12.1 Å². The molecule has 1 aromatic rings. The fourth-order valence-electron chi connectivity index (χ4n) is 2.45. The van der Waals surface area contributed by atoms with Crippen LogP contribution < -0.4 is 0 Å². The topological polar surface area (TPSA) is 126 Å². The van der Waals surface area contributed by atoms with Gasteiger partial charge >= 0.3 is 5.97 Å². The molecule has 0 spiro atoms. The van der Waals surface area contributed by atoms with Crippen LogP contribution >= 0.6 is 0 Å². The lowest BCUT2D eigenvalue weighted by Crippen LogP contribution is -2.62. The first-order chi connectivity index (χ1) is 11.0. The maximum atomic E-state index is 12.0. The first-order valence-electron chi connectivity index (χ1n) is 7.00. The zero-order valence-corrected chi connectivity index (χ0v) is 11.9. The van der Waals surface area contributed by atoms with E-state index >= 15 is 0 Å². The molecular formula is C15H16O8. The van der Waals surface area contributed by atoms with Gasteiger partial charge in [-0.15, -0.1) is 0 Å². The van der Waals surface area contributed by atoms with E-state index in [9.17, 15) is 20.1 Å². The van der Waals surface area contributed by atoms with Gasteiger partial charge in [0.25, 0.3) is 0 Å². The first kappa shape index (κ1) is 15.8. The van der Waals surface area contributed by atoms with Crippen molar-refractivity contribution in [2.24, 2.45) is 0 Å². The molecule has 0 unspecified atom stereocenters. The van der Waals surface area contributed by atoms with Crippen molar-refractivity contribution in [3.8, 4) is 5.75 Å². The number of aliphatic hydroxyl groups excluding tert-OH is 3. The van der Waals surface area contributed by atoms with Gasteiger partial charge in [-0.3, -0.25) is 0 Å². The Kier molecular flexibility index (Phi) is 4.22. The molecule has 2 aliphatic heterocycles. The van der Waals surface area contributed by atoms with E-state index in [1.165, 1.54) is 18.2 Å². The summed E-state index contributed by atoms with van der Waals surface area (Å²) in [5.74, 6) is -0.869. The molecule has 3 rings (SSSR count). The van der Waals surface area contributed by atoms with Gasteiger partial charge in [-0.25, -0.2) is 4.79 Å². The van der Waals surface area contributed by atoms with Gasteiger partial charge in [-0.1, -0.05) is 12.1 Å². The molecule has 0 saturated carbocycles. The predicted octanol–water partition coefficient (Wildman–Crippen LogP) is -0.886. The summed E-state index contributed by atoms with van der Waals surface area (Å²) in [7, 11) is 0. The van der Waals surface area contributed by atoms with Crippen LogP contribution in [0.3, 0.4) is 0 Å². The summed E-state index contributed by atoms with van der Waals surface area (Å²) >= 11 is 0. The summed E-state index contributed by atoms with van der Waals surface area (Å²) in [6.45, 7) is -0.518. The highest BCUT2D eigenvalue weighted by molar-refractivity contribution is 5.92. The second kappa shape index (κ2) is 6.17. The van der Waals surface area contributed by atoms with Crippen LogP contribution in [0.2, 0.25) is 0 Å². The number of phenolic OH excluding ortho intramolecular Hbond substituents is 1. The molecular weight excluding hydrogens is 308 g/mol. The van der Waals surface area contributed by atoms with E-state index in [4.69, 9.17) is 19.3 Å². The molecule has 0 amide bonds. The number of aromatic hydroxyl groups is 1. The number of aliphatic hydroxyl groups is 3. The lowest BCUT2D eigenvalue weighted by molar-refractivity contribution is -0.308. The number of phenols is 1. The summed E-state index contributed by atoms with van der Waals surface area (Å²) in [5.41, 5.74) is 0.586. The zero-order chi connectivity index (χ0) is 16.6. The maximum Gasteiger partial charge on any atom is 0.374 e. The summed E-state index contributed by atoms with van der Waals surface area (Å²) < 4.78 is 15.8. The second-order valence-corrected chi connectivity index (χ2v) is 5.29. The minimum absolute atomic E-state index is 0.0814. The van der Waals surface area contributed by atoms with E-state index in [-0.39, 0.29) is 11.5 Å². The molecule has 8 nitrogen and oxygen atoms in total. The van der Waals surface area contributed by atoms with Crippen molar-refractivity contribution >= 4 is 12.0 Å². The highest BCUT2D eigenvalue weighted by Gasteiger charge is 2.51. The van der Waals surface area contributed by atoms with Crippen molar-refractivity contribution in [2.75, 3.05) is 6.61 Å². The number of hydrogen-bond acceptors (Lipinski definition) is 8. The van der Waals surface area contributed by atoms with E-state index < -0.39 is 43.3 Å². The Bertz CT molecular complexity index is 610. The molecule has 4 N–H and O–H groups in total. The summed E-state index contributed by atoms with van der Waals surface area (Å²) in [6.07, 6.45) is -4.78. The van der Waals surface area contributed by atoms with E-state index in [0.29, 0.717) is 5.56 Å². The van der Waals surface area contributed by atoms with Gasteiger partial charge in [-0.05, 0) is 23.8 Å². The van der Waals surface area contributed by atoms with Crippen molar-refractivity contribution in [2.45, 2.75) is 30.7 Å². The van der Waals surface area contributed by atoms with Crippen molar-refractivity contribution in [3.05, 3.63) is 35.6 Å². The lowest BCUT2D eigenvalue weighted by Gasteiger charge is -2.43. The number of fused-ring (bicyclic) bond motifs is 1. The number of esters is 1. The molecule has 2 heterocycles. The van der Waals surface area contributed by atoms with Crippen LogP contribution in [-0.2, 0) is 19.0 Å². The minimum Gasteiger partial charge on any atom is -0.508 e. The fourth-order valence-corrected chi connectivity index (χ4v) is 2.45. The van der Waals surface area contributed by atoms with Gasteiger partial charge in [0, 0.05) is 0 Å². The van der Waals surface area contributed by atoms with Crippen molar-refractivity contribution in [3.63, 3.8) is 0 Å². The lowest BCUT2D eigenvalue weighted by atomic mass is 9.98. The monoisotopic (exact) mass is 324 g/mol. The molecule has 2 aliphatic rings. The molecule has 124 valence electrons. The van der Waals surface area contributed by atoms with Crippen molar-refractivity contribution in [1.29, 1.82) is 0 Å². The van der Waals surface area contributed by atoms with Gasteiger partial charge in [0.2, 0.25) is 12.0 Å². The fraction of sp³-hybridized carbons (Fsp3) is 0.400. The number of ether oxygens (including phenoxy) is 3. The summed E-state index contributed by atoms with van der Waals surface area (Å²) in [5, 5.41) is 38.1. The quantitative estimate of drug-likeness (QED) is 0.408. The maximum absolute atomic E-state index is 12.0. The third kappa shape index (κ3) is 3.02. The van der Waals surface area contributed by atoms with Gasteiger partial charge in [0.05, 0.1) is 6.61 Å². The summed E-state index contributed by atoms with van der Waals surface area (Å²) in [6, 6.07) is 6.04. The van der Waals surface area contributed by atoms with E-state index in [1.807, 2.05) is 0 Å². The highest BCUT2D eigenvalue weighted by Crippen LogP contribution is 2.31. The van der Waals surface area contributed by atoms with Gasteiger partial charge in [-0.2, -0.15) is 0 Å². The standard InChI is InChI=1S/C15H16O8/c16-6-10-11(18)12(19)13-15(22-10)21-9(14(20)23-13)5-7-1-3-8(17)4-2-7/h1-5,10-13,15-19H,6H2/b9-5+/t10-,11-,12+,13-,15-/m1/s1. The molecule has 23 heavy (non-hydrogen) atoms. The predicted molar refractivity (Wildman–Crippen MR) is 74.8 cm³/mol. The highest BCUT2D eigenvalue weighted by atomic mass is 16.7. The molecule has 2 saturated heterocycles. The Balaban J connectivity index is 1.81. The number of benzene rings is 1. The third-order valence-electron chi connectivity index (χ3n) is 3.70. The molecule has 8 heteroatoms. The second-order valence-electron chi connectivity index (χ2n) is 5.29. The normalized spacial score (nSPS) is 35.3. The minimum atomic E-state index is -1.43. The largest absolute Gasteiger partial charge is 0.508 e. The molecule has 0 aliphatic carbocycles. The number of carbonyl (C=O) groups is 1. The Hall–Kier alpha value is -2.13. The molecule has 1 aromatic carbocycles. The van der Waals surface area contributed by atoms with Gasteiger partial charge in [0.15, 0.2) is 6.10 Å². The first-order valence-corrected chi connectivity index (χ1v) is 7.00. The smallest absolute Gasteiger partial charge is 0.374 e. The third-order valence-corrected chi connectivity index (χ3v) is 3.70. The van der Waals surface area contributed by atoms with Gasteiger partial charge in [0.1, 0.15) is 24.1 Å². The Labute approximate surface area is 131 Å². The van der Waals surface area contributed by atoms with E-state index in [2.05, 4.69) is 0 Å². The van der Waals surface area contributed by atoms with Crippen LogP contribution in [0.25, 0.3) is 6.08 Å². The van der Waals surface area contributed by atoms with Crippen molar-refractivity contribution < 1.29 is 39.4 Å². The summed E-state index contributed by atoms with van der Waals surface area (Å²) in [4.78, 5) is 12.0. The molecule has 0 radical (unpaired) electrons. The average molecular weight is 324 g/mol. The Morgan fingerprint density at radius 2 is 1.78 bits per heavy atom. The van der Waals surface area contributed by atoms with Crippen molar-refractivity contribution in [1.82, 2.24) is 0 Å². The molecule has 0 bridgehead atoms. The average Bonchev–Trinajstić information content (AvgIpc) is 2.54. The number of carbonyl (C=O) groups excluding carboxylic acids is 1. The zero-order valence-electron chi connectivity index (χ0n) is 11.9.